The summed E-state index contributed by atoms with van der Waals surface area (Å²) in [7, 11) is 0. The topological polar surface area (TPSA) is 20.2 Å². The van der Waals surface area contributed by atoms with E-state index >= 15 is 0 Å². The zero-order valence-electron chi connectivity index (χ0n) is 18.9. The molecule has 158 valence electrons. The van der Waals surface area contributed by atoms with Gasteiger partial charge in [0.25, 0.3) is 0 Å². The minimum absolute atomic E-state index is 0.0780. The van der Waals surface area contributed by atoms with Gasteiger partial charge in [-0.15, -0.1) is 0 Å². The van der Waals surface area contributed by atoms with E-state index in [0.29, 0.717) is 5.41 Å². The molecule has 3 saturated carbocycles. The fourth-order valence-electron chi connectivity index (χ4n) is 8.03. The first-order valence-electron chi connectivity index (χ1n) is 12.5. The predicted octanol–water partition coefficient (Wildman–Crippen LogP) is 7.16. The summed E-state index contributed by atoms with van der Waals surface area (Å²) in [5.74, 6) is 6.19. The lowest BCUT2D eigenvalue weighted by Gasteiger charge is -2.55. The predicted molar refractivity (Wildman–Crippen MR) is 119 cm³/mol. The Morgan fingerprint density at radius 2 is 1.79 bits per heavy atom. The Morgan fingerprint density at radius 3 is 2.54 bits per heavy atom. The summed E-state index contributed by atoms with van der Waals surface area (Å²) in [5.41, 5.74) is 2.01. The molecule has 1 nitrogen and oxygen atoms in total. The minimum Gasteiger partial charge on any atom is -0.393 e. The quantitative estimate of drug-likeness (QED) is 0.498. The third-order valence-corrected chi connectivity index (χ3v) is 9.86. The highest BCUT2D eigenvalue weighted by molar-refractivity contribution is 5.24. The van der Waals surface area contributed by atoms with Crippen molar-refractivity contribution in [3.8, 4) is 0 Å². The Balaban J connectivity index is 1.47. The largest absolute Gasteiger partial charge is 0.393 e. The van der Waals surface area contributed by atoms with Crippen LogP contribution in [0.15, 0.2) is 23.8 Å². The highest BCUT2D eigenvalue weighted by atomic mass is 16.3. The molecule has 0 amide bonds. The highest BCUT2D eigenvalue weighted by Crippen LogP contribution is 2.62. The molecule has 4 aliphatic carbocycles. The lowest BCUT2D eigenvalue weighted by Crippen LogP contribution is -2.47. The van der Waals surface area contributed by atoms with Crippen LogP contribution in [0, 0.1) is 46.8 Å². The van der Waals surface area contributed by atoms with Crippen molar-refractivity contribution in [3.63, 3.8) is 0 Å². The van der Waals surface area contributed by atoms with E-state index in [0.717, 1.165) is 54.3 Å². The number of hydrogen-bond acceptors (Lipinski definition) is 1. The summed E-state index contributed by atoms with van der Waals surface area (Å²) in [4.78, 5) is 0. The first kappa shape index (κ1) is 20.7. The fourth-order valence-corrected chi connectivity index (χ4v) is 8.03. The molecule has 4 rings (SSSR count). The van der Waals surface area contributed by atoms with E-state index in [1.54, 1.807) is 5.57 Å². The van der Waals surface area contributed by atoms with E-state index in [4.69, 9.17) is 0 Å². The van der Waals surface area contributed by atoms with E-state index in [9.17, 15) is 5.11 Å². The molecule has 0 spiro atoms. The second-order valence-corrected chi connectivity index (χ2v) is 11.0. The molecule has 0 aromatic carbocycles. The van der Waals surface area contributed by atoms with Gasteiger partial charge in [0.15, 0.2) is 0 Å². The number of hydrogen-bond donors (Lipinski definition) is 1. The van der Waals surface area contributed by atoms with Crippen LogP contribution in [-0.4, -0.2) is 11.2 Å². The SMILES string of the molecule is CCC(C=C[C@@H](C)[C@H]1CC[C@@H]2[C@@H]1CC[C@H]1[C@H]2CC=C2C[C@@H](O)CC[C@@]21C)CC. The van der Waals surface area contributed by atoms with Crippen LogP contribution in [0.3, 0.4) is 0 Å². The lowest BCUT2D eigenvalue weighted by molar-refractivity contribution is -0.0135. The number of allylic oxidation sites excluding steroid dienone is 3. The Morgan fingerprint density at radius 1 is 1.04 bits per heavy atom. The number of rotatable bonds is 5. The van der Waals surface area contributed by atoms with Crippen molar-refractivity contribution < 1.29 is 5.11 Å². The Bertz CT molecular complexity index is 599. The van der Waals surface area contributed by atoms with Gasteiger partial charge >= 0.3 is 0 Å². The molecule has 3 fully saturated rings. The van der Waals surface area contributed by atoms with E-state index in [2.05, 4.69) is 45.9 Å². The summed E-state index contributed by atoms with van der Waals surface area (Å²) in [6, 6.07) is 0. The molecule has 8 atom stereocenters. The van der Waals surface area contributed by atoms with Gasteiger partial charge in [0.1, 0.15) is 0 Å². The highest BCUT2D eigenvalue weighted by Gasteiger charge is 2.54. The zero-order chi connectivity index (χ0) is 19.9. The third kappa shape index (κ3) is 3.55. The molecule has 28 heavy (non-hydrogen) atoms. The van der Waals surface area contributed by atoms with E-state index < -0.39 is 0 Å². The van der Waals surface area contributed by atoms with Crippen molar-refractivity contribution in [2.45, 2.75) is 98.0 Å². The van der Waals surface area contributed by atoms with Crippen molar-refractivity contribution in [1.29, 1.82) is 0 Å². The normalized spacial score (nSPS) is 44.1. The Hall–Kier alpha value is -0.560. The summed E-state index contributed by atoms with van der Waals surface area (Å²) in [5, 5.41) is 10.2. The lowest BCUT2D eigenvalue weighted by atomic mass is 9.50. The molecule has 1 N–H and O–H groups in total. The van der Waals surface area contributed by atoms with Crippen LogP contribution in [0.2, 0.25) is 0 Å². The van der Waals surface area contributed by atoms with Crippen molar-refractivity contribution >= 4 is 0 Å². The average Bonchev–Trinajstić information content (AvgIpc) is 3.13. The standard InChI is InChI=1S/C27H44O/c1-5-19(6-2)8-7-18(3)22-11-12-24-23(22)13-14-26-25(24)10-9-20-17-21(28)15-16-27(20,26)4/h7-9,18-19,21-26,28H,5-6,10-17H2,1-4H3/t18-,21+,22-,23-,24-,25+,26+,27+/m1/s1. The van der Waals surface area contributed by atoms with Crippen molar-refractivity contribution in [3.05, 3.63) is 23.8 Å². The Labute approximate surface area is 174 Å². The molecular formula is C27H44O. The fraction of sp³-hybridized carbons (Fsp3) is 0.852. The maximum Gasteiger partial charge on any atom is 0.0577 e. The zero-order valence-corrected chi connectivity index (χ0v) is 18.9. The van der Waals surface area contributed by atoms with Gasteiger partial charge in [0, 0.05) is 0 Å². The first-order valence-corrected chi connectivity index (χ1v) is 12.5. The summed E-state index contributed by atoms with van der Waals surface area (Å²) in [6.07, 6.45) is 20.5. The van der Waals surface area contributed by atoms with Gasteiger partial charge in [0.2, 0.25) is 0 Å². The molecule has 4 aliphatic rings. The van der Waals surface area contributed by atoms with Gasteiger partial charge in [-0.25, -0.2) is 0 Å². The van der Waals surface area contributed by atoms with Crippen molar-refractivity contribution in [2.75, 3.05) is 0 Å². The average molecular weight is 385 g/mol. The van der Waals surface area contributed by atoms with E-state index in [-0.39, 0.29) is 6.10 Å². The van der Waals surface area contributed by atoms with Crippen LogP contribution in [0.25, 0.3) is 0 Å². The first-order chi connectivity index (χ1) is 13.5. The maximum atomic E-state index is 10.2. The van der Waals surface area contributed by atoms with Crippen LogP contribution < -0.4 is 0 Å². The molecule has 0 radical (unpaired) electrons. The number of aliphatic hydroxyl groups excluding tert-OH is 1. The maximum absolute atomic E-state index is 10.2. The van der Waals surface area contributed by atoms with Crippen LogP contribution in [0.1, 0.15) is 91.9 Å². The molecule has 0 aromatic heterocycles. The molecular weight excluding hydrogens is 340 g/mol. The van der Waals surface area contributed by atoms with Gasteiger partial charge in [0.05, 0.1) is 6.10 Å². The summed E-state index contributed by atoms with van der Waals surface area (Å²) in [6.45, 7) is 9.70. The third-order valence-electron chi connectivity index (χ3n) is 9.86. The van der Waals surface area contributed by atoms with Crippen molar-refractivity contribution in [1.82, 2.24) is 0 Å². The van der Waals surface area contributed by atoms with Gasteiger partial charge in [-0.3, -0.25) is 0 Å². The second kappa shape index (κ2) is 8.29. The van der Waals surface area contributed by atoms with Crippen LogP contribution in [-0.2, 0) is 0 Å². The molecule has 0 aromatic rings. The van der Waals surface area contributed by atoms with E-state index in [1.807, 2.05) is 0 Å². The molecule has 1 heteroatoms. The summed E-state index contributed by atoms with van der Waals surface area (Å²) < 4.78 is 0. The summed E-state index contributed by atoms with van der Waals surface area (Å²) >= 11 is 0. The Kier molecular flexibility index (Phi) is 6.13. The molecule has 0 unspecified atom stereocenters. The van der Waals surface area contributed by atoms with Crippen molar-refractivity contribution in [2.24, 2.45) is 46.8 Å². The number of fused-ring (bicyclic) bond motifs is 5. The minimum atomic E-state index is -0.0780. The smallest absolute Gasteiger partial charge is 0.0577 e. The second-order valence-electron chi connectivity index (χ2n) is 11.0. The van der Waals surface area contributed by atoms with E-state index in [1.165, 1.54) is 51.4 Å². The van der Waals surface area contributed by atoms with Crippen LogP contribution in [0.4, 0.5) is 0 Å². The molecule has 0 bridgehead atoms. The molecule has 0 aliphatic heterocycles. The monoisotopic (exact) mass is 384 g/mol. The van der Waals surface area contributed by atoms with Gasteiger partial charge in [-0.2, -0.15) is 0 Å². The number of aliphatic hydroxyl groups is 1. The molecule has 0 heterocycles. The molecule has 0 saturated heterocycles. The van der Waals surface area contributed by atoms with Crippen LogP contribution >= 0.6 is 0 Å². The van der Waals surface area contributed by atoms with Crippen LogP contribution in [0.5, 0.6) is 0 Å². The van der Waals surface area contributed by atoms with Gasteiger partial charge in [-0.05, 0) is 111 Å². The van der Waals surface area contributed by atoms with Gasteiger partial charge < -0.3 is 5.11 Å². The van der Waals surface area contributed by atoms with Gasteiger partial charge in [-0.1, -0.05) is 51.5 Å².